The summed E-state index contributed by atoms with van der Waals surface area (Å²) in [6, 6.07) is 14.3. The number of pyridine rings is 1. The number of likely N-dealkylation sites (tertiary alicyclic amines) is 1. The first-order valence-electron chi connectivity index (χ1n) is 11.5. The fraction of sp³-hybridized carbons (Fsp3) is 0.385. The van der Waals surface area contributed by atoms with Crippen LogP contribution >= 0.6 is 0 Å². The van der Waals surface area contributed by atoms with E-state index in [0.717, 1.165) is 54.3 Å². The topological polar surface area (TPSA) is 50.6 Å². The van der Waals surface area contributed by atoms with Gasteiger partial charge in [-0.25, -0.2) is 4.98 Å². The van der Waals surface area contributed by atoms with Gasteiger partial charge >= 0.3 is 0 Å². The summed E-state index contributed by atoms with van der Waals surface area (Å²) in [6.45, 7) is 7.53. The van der Waals surface area contributed by atoms with Gasteiger partial charge in [0.2, 0.25) is 0 Å². The minimum absolute atomic E-state index is 0.108. The summed E-state index contributed by atoms with van der Waals surface area (Å²) < 4.78 is 7.84. The van der Waals surface area contributed by atoms with Crippen molar-refractivity contribution in [3.63, 3.8) is 0 Å². The fourth-order valence-electron chi connectivity index (χ4n) is 5.64. The predicted molar refractivity (Wildman–Crippen MR) is 124 cm³/mol. The zero-order chi connectivity index (χ0) is 21.9. The Kier molecular flexibility index (Phi) is 4.32. The van der Waals surface area contributed by atoms with Gasteiger partial charge in [-0.1, -0.05) is 13.8 Å². The van der Waals surface area contributed by atoms with Crippen molar-refractivity contribution in [3.05, 3.63) is 71.7 Å². The third-order valence-electron chi connectivity index (χ3n) is 7.05. The molecule has 6 nitrogen and oxygen atoms in total. The van der Waals surface area contributed by atoms with E-state index >= 15 is 0 Å². The molecule has 1 atom stereocenters. The number of anilines is 1. The molecule has 0 N–H and O–H groups in total. The van der Waals surface area contributed by atoms with Crippen molar-refractivity contribution in [2.45, 2.75) is 32.2 Å². The number of fused-ring (bicyclic) bond motifs is 5. The van der Waals surface area contributed by atoms with Crippen LogP contribution in [0.1, 0.15) is 41.9 Å². The summed E-state index contributed by atoms with van der Waals surface area (Å²) in [7, 11) is 0. The van der Waals surface area contributed by atoms with E-state index in [1.807, 2.05) is 35.4 Å². The molecule has 5 heterocycles. The molecule has 0 bridgehead atoms. The van der Waals surface area contributed by atoms with E-state index in [0.29, 0.717) is 19.1 Å². The number of ether oxygens (including phenoxy) is 1. The zero-order valence-electron chi connectivity index (χ0n) is 18.6. The van der Waals surface area contributed by atoms with Gasteiger partial charge in [-0.3, -0.25) is 4.79 Å². The van der Waals surface area contributed by atoms with Gasteiger partial charge in [-0.15, -0.1) is 0 Å². The van der Waals surface area contributed by atoms with Crippen molar-refractivity contribution < 1.29 is 9.53 Å². The number of nitrogens with zero attached hydrogens (tertiary/aromatic N) is 4. The molecule has 0 unspecified atom stereocenters. The van der Waals surface area contributed by atoms with Crippen LogP contribution in [-0.4, -0.2) is 46.6 Å². The summed E-state index contributed by atoms with van der Waals surface area (Å²) in [4.78, 5) is 22.8. The minimum Gasteiger partial charge on any atom is -0.493 e. The molecule has 0 radical (unpaired) electrons. The standard InChI is InChI=1S/C26H28N4O2/c1-18(2)16-30-21-5-3-11-27-24(21)29-12-4-6-23(29)26(30)10-13-28(17-26)25(31)20-7-8-22-19(15-20)9-14-32-22/h3-8,11-12,15,18H,9-10,13-14,16-17H2,1-2H3/t26-/m1/s1. The van der Waals surface area contributed by atoms with Crippen LogP contribution in [0, 0.1) is 5.92 Å². The Bertz CT molecular complexity index is 1200. The number of hydrogen-bond donors (Lipinski definition) is 0. The monoisotopic (exact) mass is 428 g/mol. The van der Waals surface area contributed by atoms with Gasteiger partial charge in [-0.05, 0) is 60.4 Å². The van der Waals surface area contributed by atoms with Gasteiger partial charge in [0.25, 0.3) is 5.91 Å². The van der Waals surface area contributed by atoms with Gasteiger partial charge in [-0.2, -0.15) is 0 Å². The van der Waals surface area contributed by atoms with Crippen molar-refractivity contribution in [3.8, 4) is 11.6 Å². The number of carbonyl (C=O) groups excluding carboxylic acids is 1. The second-order valence-electron chi connectivity index (χ2n) is 9.54. The number of carbonyl (C=O) groups is 1. The van der Waals surface area contributed by atoms with Crippen LogP contribution in [0.4, 0.5) is 5.69 Å². The van der Waals surface area contributed by atoms with Crippen LogP contribution in [0.5, 0.6) is 5.75 Å². The van der Waals surface area contributed by atoms with Crippen molar-refractivity contribution in [1.82, 2.24) is 14.5 Å². The van der Waals surface area contributed by atoms with E-state index in [4.69, 9.17) is 9.72 Å². The third kappa shape index (κ3) is 2.78. The number of rotatable bonds is 3. The van der Waals surface area contributed by atoms with E-state index in [-0.39, 0.29) is 11.4 Å². The maximum absolute atomic E-state index is 13.5. The Morgan fingerprint density at radius 3 is 3.00 bits per heavy atom. The summed E-state index contributed by atoms with van der Waals surface area (Å²) in [5.41, 5.74) is 4.02. The molecule has 3 aliphatic rings. The Labute approximate surface area is 188 Å². The van der Waals surface area contributed by atoms with Crippen molar-refractivity contribution >= 4 is 11.6 Å². The summed E-state index contributed by atoms with van der Waals surface area (Å²) in [6.07, 6.45) is 5.73. The average molecular weight is 429 g/mol. The lowest BCUT2D eigenvalue weighted by atomic mass is 9.88. The van der Waals surface area contributed by atoms with Crippen LogP contribution in [-0.2, 0) is 12.0 Å². The van der Waals surface area contributed by atoms with Crippen LogP contribution < -0.4 is 9.64 Å². The number of aromatic nitrogens is 2. The van der Waals surface area contributed by atoms with Gasteiger partial charge in [0.1, 0.15) is 11.3 Å². The van der Waals surface area contributed by atoms with E-state index < -0.39 is 0 Å². The summed E-state index contributed by atoms with van der Waals surface area (Å²) in [5, 5.41) is 0. The Morgan fingerprint density at radius 1 is 1.22 bits per heavy atom. The molecule has 3 aliphatic heterocycles. The first kappa shape index (κ1) is 19.4. The van der Waals surface area contributed by atoms with Gasteiger partial charge in [0, 0.05) is 44.0 Å². The lowest BCUT2D eigenvalue weighted by Gasteiger charge is -2.47. The highest BCUT2D eigenvalue weighted by Crippen LogP contribution is 2.47. The average Bonchev–Trinajstić information content (AvgIpc) is 3.55. The lowest BCUT2D eigenvalue weighted by molar-refractivity contribution is 0.0781. The Morgan fingerprint density at radius 2 is 2.12 bits per heavy atom. The van der Waals surface area contributed by atoms with Crippen LogP contribution in [0.2, 0.25) is 0 Å². The molecule has 0 aliphatic carbocycles. The highest BCUT2D eigenvalue weighted by Gasteiger charge is 2.50. The Balaban J connectivity index is 1.39. The zero-order valence-corrected chi connectivity index (χ0v) is 18.6. The number of hydrogen-bond acceptors (Lipinski definition) is 4. The van der Waals surface area contributed by atoms with Crippen LogP contribution in [0.3, 0.4) is 0 Å². The Hall–Kier alpha value is -3.28. The normalized spacial score (nSPS) is 21.0. The second-order valence-corrected chi connectivity index (χ2v) is 9.54. The fourth-order valence-corrected chi connectivity index (χ4v) is 5.64. The van der Waals surface area contributed by atoms with E-state index in [1.165, 1.54) is 5.69 Å². The molecule has 1 spiro atoms. The molecule has 6 rings (SSSR count). The first-order chi connectivity index (χ1) is 15.6. The molecule has 164 valence electrons. The van der Waals surface area contributed by atoms with Crippen molar-refractivity contribution in [1.29, 1.82) is 0 Å². The number of amides is 1. The minimum atomic E-state index is -0.251. The molecule has 1 aromatic carbocycles. The summed E-state index contributed by atoms with van der Waals surface area (Å²) in [5.74, 6) is 2.48. The maximum atomic E-state index is 13.5. The largest absolute Gasteiger partial charge is 0.493 e. The molecule has 2 aromatic heterocycles. The highest BCUT2D eigenvalue weighted by molar-refractivity contribution is 5.95. The van der Waals surface area contributed by atoms with Crippen LogP contribution in [0.15, 0.2) is 54.9 Å². The number of benzene rings is 1. The maximum Gasteiger partial charge on any atom is 0.253 e. The van der Waals surface area contributed by atoms with Crippen molar-refractivity contribution in [2.24, 2.45) is 5.92 Å². The molecular weight excluding hydrogens is 400 g/mol. The molecule has 3 aromatic rings. The van der Waals surface area contributed by atoms with E-state index in [1.54, 1.807) is 0 Å². The van der Waals surface area contributed by atoms with E-state index in [2.05, 4.69) is 47.7 Å². The van der Waals surface area contributed by atoms with Gasteiger partial charge in [0.05, 0.1) is 18.0 Å². The molecule has 0 saturated carbocycles. The smallest absolute Gasteiger partial charge is 0.253 e. The lowest BCUT2D eigenvalue weighted by Crippen LogP contribution is -2.54. The van der Waals surface area contributed by atoms with Crippen LogP contribution in [0.25, 0.3) is 5.82 Å². The quantitative estimate of drug-likeness (QED) is 0.632. The second kappa shape index (κ2) is 7.12. The summed E-state index contributed by atoms with van der Waals surface area (Å²) >= 11 is 0. The van der Waals surface area contributed by atoms with Gasteiger partial charge in [0.15, 0.2) is 5.82 Å². The molecular formula is C26H28N4O2. The SMILES string of the molecule is CC(C)CN1c2cccnc2-n2cccc2[C@]12CCN(C(=O)c1ccc3c(c1)CCO3)C2. The highest BCUT2D eigenvalue weighted by atomic mass is 16.5. The molecule has 6 heteroatoms. The van der Waals surface area contributed by atoms with Gasteiger partial charge < -0.3 is 19.1 Å². The third-order valence-corrected chi connectivity index (χ3v) is 7.05. The first-order valence-corrected chi connectivity index (χ1v) is 11.5. The van der Waals surface area contributed by atoms with E-state index in [9.17, 15) is 4.79 Å². The molecule has 1 amide bonds. The van der Waals surface area contributed by atoms with Crippen molar-refractivity contribution in [2.75, 3.05) is 31.1 Å². The molecule has 1 fully saturated rings. The predicted octanol–water partition coefficient (Wildman–Crippen LogP) is 4.02. The molecule has 1 saturated heterocycles. The molecule has 32 heavy (non-hydrogen) atoms.